The van der Waals surface area contributed by atoms with Crippen LogP contribution in [-0.2, 0) is 9.31 Å². The van der Waals surface area contributed by atoms with Crippen LogP contribution in [0.4, 0.5) is 5.82 Å². The second-order valence-corrected chi connectivity index (χ2v) is 7.13. The second kappa shape index (κ2) is 5.08. The Bertz CT molecular complexity index is 701. The quantitative estimate of drug-likeness (QED) is 0.824. The van der Waals surface area contributed by atoms with E-state index in [1.165, 1.54) is 0 Å². The molecule has 1 fully saturated rings. The molecule has 2 N–H and O–H groups in total. The van der Waals surface area contributed by atoms with Gasteiger partial charge in [0.2, 0.25) is 0 Å². The normalized spacial score (nSPS) is 19.6. The third-order valence-electron chi connectivity index (χ3n) is 4.27. The van der Waals surface area contributed by atoms with Crippen molar-refractivity contribution in [2.24, 2.45) is 0 Å². The van der Waals surface area contributed by atoms with E-state index in [9.17, 15) is 0 Å². The van der Waals surface area contributed by atoms with Gasteiger partial charge in [0.15, 0.2) is 0 Å². The predicted molar refractivity (Wildman–Crippen MR) is 89.2 cm³/mol. The van der Waals surface area contributed by atoms with Gasteiger partial charge in [0.1, 0.15) is 5.82 Å². The van der Waals surface area contributed by atoms with Crippen molar-refractivity contribution in [1.29, 1.82) is 0 Å². The molecule has 0 saturated carbocycles. The average Bonchev–Trinajstić information content (AvgIpc) is 2.97. The molecule has 22 heavy (non-hydrogen) atoms. The summed E-state index contributed by atoms with van der Waals surface area (Å²) < 4.78 is 14.5. The molecule has 6 nitrogen and oxygen atoms in total. The third kappa shape index (κ3) is 2.45. The molecule has 3 heterocycles. The Labute approximate surface area is 138 Å². The monoisotopic (exact) mass is 364 g/mol. The van der Waals surface area contributed by atoms with Gasteiger partial charge in [-0.1, -0.05) is 0 Å². The molecule has 0 atom stereocenters. The first-order valence-electron chi connectivity index (χ1n) is 7.02. The molecule has 1 aliphatic rings. The van der Waals surface area contributed by atoms with Gasteiger partial charge < -0.3 is 15.0 Å². The molecule has 0 bridgehead atoms. The Morgan fingerprint density at radius 1 is 1.23 bits per heavy atom. The van der Waals surface area contributed by atoms with Gasteiger partial charge >= 0.3 is 7.12 Å². The molecule has 8 heteroatoms. The Kier molecular flexibility index (Phi) is 3.58. The standard InChI is InChI=1S/C14H18BBrN4O2/c1-13(2)14(3,4)22-15(21-13)9-7-19-20(8-9)10-5-6-18-12(17)11(10)16/h5-8H,1-4H3,(H2,17,18). The lowest BCUT2D eigenvalue weighted by Crippen LogP contribution is -2.41. The molecule has 3 rings (SSSR count). The Balaban J connectivity index is 1.91. The summed E-state index contributed by atoms with van der Waals surface area (Å²) in [5.41, 5.74) is 6.74. The maximum absolute atomic E-state index is 6.03. The Morgan fingerprint density at radius 3 is 2.50 bits per heavy atom. The van der Waals surface area contributed by atoms with E-state index < -0.39 is 7.12 Å². The van der Waals surface area contributed by atoms with Crippen LogP contribution in [0.1, 0.15) is 27.7 Å². The minimum absolute atomic E-state index is 0.374. The van der Waals surface area contributed by atoms with Crippen LogP contribution in [0.15, 0.2) is 29.1 Å². The number of halogens is 1. The maximum atomic E-state index is 6.03. The number of anilines is 1. The number of aromatic nitrogens is 3. The minimum atomic E-state index is -0.434. The maximum Gasteiger partial charge on any atom is 0.498 e. The van der Waals surface area contributed by atoms with Crippen LogP contribution in [0.3, 0.4) is 0 Å². The number of nitrogens with zero attached hydrogens (tertiary/aromatic N) is 3. The summed E-state index contributed by atoms with van der Waals surface area (Å²) >= 11 is 3.44. The summed E-state index contributed by atoms with van der Waals surface area (Å²) in [6, 6.07) is 1.83. The van der Waals surface area contributed by atoms with Crippen molar-refractivity contribution in [3.05, 3.63) is 29.1 Å². The van der Waals surface area contributed by atoms with Gasteiger partial charge in [-0.25, -0.2) is 9.67 Å². The van der Waals surface area contributed by atoms with Crippen LogP contribution in [-0.4, -0.2) is 33.1 Å². The molecule has 0 spiro atoms. The molecule has 0 aromatic carbocycles. The molecule has 1 aliphatic heterocycles. The lowest BCUT2D eigenvalue weighted by molar-refractivity contribution is 0.00578. The zero-order chi connectivity index (χ0) is 16.1. The molecular weight excluding hydrogens is 347 g/mol. The topological polar surface area (TPSA) is 75.2 Å². The highest BCUT2D eigenvalue weighted by Gasteiger charge is 2.52. The van der Waals surface area contributed by atoms with Gasteiger partial charge in [-0.2, -0.15) is 5.10 Å². The fraction of sp³-hybridized carbons (Fsp3) is 0.429. The van der Waals surface area contributed by atoms with Crippen molar-refractivity contribution in [3.63, 3.8) is 0 Å². The van der Waals surface area contributed by atoms with Crippen molar-refractivity contribution in [2.75, 3.05) is 5.73 Å². The van der Waals surface area contributed by atoms with Crippen LogP contribution < -0.4 is 11.2 Å². The van der Waals surface area contributed by atoms with Crippen molar-refractivity contribution in [3.8, 4) is 5.69 Å². The highest BCUT2D eigenvalue weighted by Crippen LogP contribution is 2.36. The average molecular weight is 365 g/mol. The van der Waals surface area contributed by atoms with E-state index in [1.807, 2.05) is 40.0 Å². The van der Waals surface area contributed by atoms with Gasteiger partial charge in [-0.05, 0) is 49.7 Å². The number of rotatable bonds is 2. The molecule has 2 aromatic rings. The summed E-state index contributed by atoms with van der Waals surface area (Å²) in [7, 11) is -0.434. The van der Waals surface area contributed by atoms with E-state index in [0.717, 1.165) is 11.2 Å². The summed E-state index contributed by atoms with van der Waals surface area (Å²) in [5, 5.41) is 4.37. The van der Waals surface area contributed by atoms with Crippen LogP contribution in [0.2, 0.25) is 0 Å². The van der Waals surface area contributed by atoms with Crippen LogP contribution in [0.5, 0.6) is 0 Å². The van der Waals surface area contributed by atoms with Crippen molar-refractivity contribution in [1.82, 2.24) is 14.8 Å². The molecule has 1 saturated heterocycles. The van der Waals surface area contributed by atoms with E-state index in [2.05, 4.69) is 26.0 Å². The molecule has 0 aliphatic carbocycles. The minimum Gasteiger partial charge on any atom is -0.399 e. The van der Waals surface area contributed by atoms with E-state index in [-0.39, 0.29) is 11.2 Å². The third-order valence-corrected chi connectivity index (χ3v) is 5.08. The van der Waals surface area contributed by atoms with Crippen molar-refractivity contribution < 1.29 is 9.31 Å². The lowest BCUT2D eigenvalue weighted by Gasteiger charge is -2.32. The second-order valence-electron chi connectivity index (χ2n) is 6.34. The fourth-order valence-electron chi connectivity index (χ4n) is 2.20. The SMILES string of the molecule is CC1(C)OB(c2cnn(-c3ccnc(N)c3Br)c2)OC1(C)C. The molecule has 2 aromatic heterocycles. The van der Waals surface area contributed by atoms with Crippen molar-refractivity contribution >= 4 is 34.3 Å². The number of pyridine rings is 1. The molecule has 0 unspecified atom stereocenters. The van der Waals surface area contributed by atoms with E-state index in [1.54, 1.807) is 17.1 Å². The highest BCUT2D eigenvalue weighted by atomic mass is 79.9. The van der Waals surface area contributed by atoms with Crippen molar-refractivity contribution in [2.45, 2.75) is 38.9 Å². The fourth-order valence-corrected chi connectivity index (χ4v) is 2.61. The number of hydrogen-bond donors (Lipinski definition) is 1. The smallest absolute Gasteiger partial charge is 0.399 e. The number of nitrogen functional groups attached to an aromatic ring is 1. The highest BCUT2D eigenvalue weighted by molar-refractivity contribution is 9.10. The number of nitrogens with two attached hydrogens (primary N) is 1. The van der Waals surface area contributed by atoms with Gasteiger partial charge in [0, 0.05) is 24.1 Å². The van der Waals surface area contributed by atoms with Crippen LogP contribution in [0.25, 0.3) is 5.69 Å². The van der Waals surface area contributed by atoms with Gasteiger partial charge in [-0.15, -0.1) is 0 Å². The molecular formula is C14H18BBrN4O2. The zero-order valence-corrected chi connectivity index (χ0v) is 14.6. The molecule has 0 amide bonds. The number of hydrogen-bond acceptors (Lipinski definition) is 5. The lowest BCUT2D eigenvalue weighted by atomic mass is 9.82. The summed E-state index contributed by atoms with van der Waals surface area (Å²) in [6.45, 7) is 8.10. The summed E-state index contributed by atoms with van der Waals surface area (Å²) in [4.78, 5) is 4.03. The summed E-state index contributed by atoms with van der Waals surface area (Å²) in [5.74, 6) is 0.421. The Hall–Kier alpha value is -1.38. The van der Waals surface area contributed by atoms with Crippen LogP contribution >= 0.6 is 15.9 Å². The molecule has 116 valence electrons. The first kappa shape index (κ1) is 15.5. The van der Waals surface area contributed by atoms with Gasteiger partial charge in [0.05, 0.1) is 21.4 Å². The van der Waals surface area contributed by atoms with Gasteiger partial charge in [-0.3, -0.25) is 0 Å². The van der Waals surface area contributed by atoms with E-state index in [0.29, 0.717) is 10.3 Å². The predicted octanol–water partition coefficient (Wildman–Crippen LogP) is 1.91. The van der Waals surface area contributed by atoms with Gasteiger partial charge in [0.25, 0.3) is 0 Å². The van der Waals surface area contributed by atoms with E-state index >= 15 is 0 Å². The summed E-state index contributed by atoms with van der Waals surface area (Å²) in [6.07, 6.45) is 5.26. The Morgan fingerprint density at radius 2 is 1.86 bits per heavy atom. The van der Waals surface area contributed by atoms with Crippen LogP contribution in [0, 0.1) is 0 Å². The van der Waals surface area contributed by atoms with E-state index in [4.69, 9.17) is 15.0 Å². The first-order valence-corrected chi connectivity index (χ1v) is 7.81. The largest absolute Gasteiger partial charge is 0.498 e. The zero-order valence-electron chi connectivity index (χ0n) is 13.0. The first-order chi connectivity index (χ1) is 10.2. The molecule has 0 radical (unpaired) electrons.